The number of unbranched alkanes of at least 4 members (excludes halogenated alkanes) is 1. The van der Waals surface area contributed by atoms with E-state index in [4.69, 9.17) is 4.74 Å². The van der Waals surface area contributed by atoms with Crippen molar-refractivity contribution in [2.24, 2.45) is 0 Å². The van der Waals surface area contributed by atoms with Crippen LogP contribution >= 0.6 is 0 Å². The Kier molecular flexibility index (Phi) is 7.82. The van der Waals surface area contributed by atoms with E-state index in [1.165, 1.54) is 5.56 Å². The van der Waals surface area contributed by atoms with Gasteiger partial charge in [-0.1, -0.05) is 57.5 Å². The molecule has 0 radical (unpaired) electrons. The maximum Gasteiger partial charge on any atom is 0.0897 e. The largest absolute Gasteiger partial charge is 0.389 e. The van der Waals surface area contributed by atoms with Crippen molar-refractivity contribution in [3.8, 4) is 0 Å². The van der Waals surface area contributed by atoms with E-state index in [9.17, 15) is 5.11 Å². The zero-order chi connectivity index (χ0) is 14.8. The van der Waals surface area contributed by atoms with Crippen LogP contribution in [0.1, 0.15) is 39.2 Å². The Morgan fingerprint density at radius 2 is 1.95 bits per heavy atom. The second-order valence-electron chi connectivity index (χ2n) is 5.96. The molecule has 0 aliphatic carbocycles. The SMILES string of the molecule is CCCCOCC(O)CNCC(C)(C)c1ccccc1. The van der Waals surface area contributed by atoms with Gasteiger partial charge in [-0.05, 0) is 12.0 Å². The number of aliphatic hydroxyl groups is 1. The smallest absolute Gasteiger partial charge is 0.0897 e. The van der Waals surface area contributed by atoms with Crippen molar-refractivity contribution in [2.75, 3.05) is 26.3 Å². The second-order valence-corrected chi connectivity index (χ2v) is 5.96. The Bertz CT molecular complexity index is 351. The first-order valence-corrected chi connectivity index (χ1v) is 7.58. The van der Waals surface area contributed by atoms with Gasteiger partial charge in [-0.3, -0.25) is 0 Å². The van der Waals surface area contributed by atoms with Crippen LogP contribution in [0, 0.1) is 0 Å². The zero-order valence-corrected chi connectivity index (χ0v) is 13.1. The molecule has 3 heteroatoms. The van der Waals surface area contributed by atoms with Crippen molar-refractivity contribution in [1.82, 2.24) is 5.32 Å². The van der Waals surface area contributed by atoms with Gasteiger partial charge in [-0.2, -0.15) is 0 Å². The molecule has 0 amide bonds. The third kappa shape index (κ3) is 6.51. The van der Waals surface area contributed by atoms with Gasteiger partial charge in [-0.25, -0.2) is 0 Å². The number of hydrogen-bond acceptors (Lipinski definition) is 3. The summed E-state index contributed by atoms with van der Waals surface area (Å²) in [5, 5.41) is 13.2. The molecule has 20 heavy (non-hydrogen) atoms. The van der Waals surface area contributed by atoms with Crippen LogP contribution in [0.25, 0.3) is 0 Å². The summed E-state index contributed by atoms with van der Waals surface area (Å²) in [6.45, 7) is 9.11. The molecule has 0 saturated carbocycles. The Morgan fingerprint density at radius 3 is 2.60 bits per heavy atom. The molecule has 1 atom stereocenters. The van der Waals surface area contributed by atoms with Crippen LogP contribution in [0.15, 0.2) is 30.3 Å². The van der Waals surface area contributed by atoms with Crippen molar-refractivity contribution < 1.29 is 9.84 Å². The van der Waals surface area contributed by atoms with Gasteiger partial charge in [0, 0.05) is 25.1 Å². The average Bonchev–Trinajstić information content (AvgIpc) is 2.44. The molecular weight excluding hydrogens is 250 g/mol. The van der Waals surface area contributed by atoms with E-state index in [-0.39, 0.29) is 5.41 Å². The van der Waals surface area contributed by atoms with Crippen LogP contribution < -0.4 is 5.32 Å². The zero-order valence-electron chi connectivity index (χ0n) is 13.1. The maximum absolute atomic E-state index is 9.83. The molecule has 0 saturated heterocycles. The number of nitrogens with one attached hydrogen (secondary N) is 1. The molecule has 3 nitrogen and oxygen atoms in total. The van der Waals surface area contributed by atoms with Crippen LogP contribution in [-0.4, -0.2) is 37.5 Å². The topological polar surface area (TPSA) is 41.5 Å². The third-order valence-corrected chi connectivity index (χ3v) is 3.45. The fourth-order valence-corrected chi connectivity index (χ4v) is 2.07. The van der Waals surface area contributed by atoms with E-state index in [1.807, 2.05) is 6.07 Å². The van der Waals surface area contributed by atoms with Crippen molar-refractivity contribution >= 4 is 0 Å². The third-order valence-electron chi connectivity index (χ3n) is 3.45. The number of benzene rings is 1. The molecule has 1 unspecified atom stereocenters. The van der Waals surface area contributed by atoms with Crippen LogP contribution in [-0.2, 0) is 10.2 Å². The Hall–Kier alpha value is -0.900. The first kappa shape index (κ1) is 17.2. The van der Waals surface area contributed by atoms with Gasteiger partial charge in [-0.15, -0.1) is 0 Å². The van der Waals surface area contributed by atoms with E-state index in [0.29, 0.717) is 13.2 Å². The lowest BCUT2D eigenvalue weighted by atomic mass is 9.84. The predicted octanol–water partition coefficient (Wildman–Crippen LogP) is 2.73. The highest BCUT2D eigenvalue weighted by Crippen LogP contribution is 2.21. The average molecular weight is 279 g/mol. The fraction of sp³-hybridized carbons (Fsp3) is 0.647. The summed E-state index contributed by atoms with van der Waals surface area (Å²) >= 11 is 0. The fourth-order valence-electron chi connectivity index (χ4n) is 2.07. The van der Waals surface area contributed by atoms with Gasteiger partial charge < -0.3 is 15.2 Å². The minimum absolute atomic E-state index is 0.0596. The summed E-state index contributed by atoms with van der Waals surface area (Å²) in [4.78, 5) is 0. The Labute approximate surface area is 123 Å². The lowest BCUT2D eigenvalue weighted by Crippen LogP contribution is -2.38. The summed E-state index contributed by atoms with van der Waals surface area (Å²) in [5.74, 6) is 0. The molecule has 114 valence electrons. The van der Waals surface area contributed by atoms with Crippen molar-refractivity contribution in [3.63, 3.8) is 0 Å². The van der Waals surface area contributed by atoms with Gasteiger partial charge in [0.1, 0.15) is 0 Å². The molecule has 1 aromatic carbocycles. The molecule has 0 spiro atoms. The first-order chi connectivity index (χ1) is 9.56. The molecule has 0 fully saturated rings. The molecule has 0 aliphatic rings. The minimum atomic E-state index is -0.432. The highest BCUT2D eigenvalue weighted by molar-refractivity contribution is 5.23. The molecule has 0 bridgehead atoms. The van der Waals surface area contributed by atoms with E-state index in [0.717, 1.165) is 26.0 Å². The lowest BCUT2D eigenvalue weighted by Gasteiger charge is -2.26. The summed E-state index contributed by atoms with van der Waals surface area (Å²) < 4.78 is 5.41. The molecular formula is C17H29NO2. The van der Waals surface area contributed by atoms with Gasteiger partial charge in [0.2, 0.25) is 0 Å². The highest BCUT2D eigenvalue weighted by atomic mass is 16.5. The minimum Gasteiger partial charge on any atom is -0.389 e. The first-order valence-electron chi connectivity index (χ1n) is 7.58. The molecule has 1 aromatic rings. The highest BCUT2D eigenvalue weighted by Gasteiger charge is 2.20. The molecule has 0 heterocycles. The molecule has 1 rings (SSSR count). The Morgan fingerprint density at radius 1 is 1.25 bits per heavy atom. The van der Waals surface area contributed by atoms with Crippen molar-refractivity contribution in [2.45, 2.75) is 45.1 Å². The number of hydrogen-bond donors (Lipinski definition) is 2. The van der Waals surface area contributed by atoms with Gasteiger partial charge in [0.15, 0.2) is 0 Å². The standard InChI is InChI=1S/C17H29NO2/c1-4-5-11-20-13-16(19)12-18-14-17(2,3)15-9-7-6-8-10-15/h6-10,16,18-19H,4-5,11-14H2,1-3H3. The quantitative estimate of drug-likeness (QED) is 0.647. The number of ether oxygens (including phenoxy) is 1. The van der Waals surface area contributed by atoms with E-state index in [2.05, 4.69) is 50.4 Å². The molecule has 0 aromatic heterocycles. The van der Waals surface area contributed by atoms with Crippen LogP contribution in [0.3, 0.4) is 0 Å². The van der Waals surface area contributed by atoms with Gasteiger partial charge in [0.05, 0.1) is 12.7 Å². The van der Waals surface area contributed by atoms with Crippen LogP contribution in [0.5, 0.6) is 0 Å². The second kappa shape index (κ2) is 9.11. The lowest BCUT2D eigenvalue weighted by molar-refractivity contribution is 0.0355. The van der Waals surface area contributed by atoms with E-state index >= 15 is 0 Å². The molecule has 2 N–H and O–H groups in total. The normalized spacial score (nSPS) is 13.4. The summed E-state index contributed by atoms with van der Waals surface area (Å²) in [7, 11) is 0. The van der Waals surface area contributed by atoms with Crippen molar-refractivity contribution in [3.05, 3.63) is 35.9 Å². The van der Waals surface area contributed by atoms with Gasteiger partial charge >= 0.3 is 0 Å². The summed E-state index contributed by atoms with van der Waals surface area (Å²) in [6.07, 6.45) is 1.75. The Balaban J connectivity index is 2.22. The van der Waals surface area contributed by atoms with Crippen LogP contribution in [0.4, 0.5) is 0 Å². The van der Waals surface area contributed by atoms with E-state index < -0.39 is 6.10 Å². The maximum atomic E-state index is 9.83. The summed E-state index contributed by atoms with van der Waals surface area (Å²) in [5.41, 5.74) is 1.37. The summed E-state index contributed by atoms with van der Waals surface area (Å²) in [6, 6.07) is 10.4. The van der Waals surface area contributed by atoms with Crippen LogP contribution in [0.2, 0.25) is 0 Å². The number of rotatable bonds is 10. The van der Waals surface area contributed by atoms with E-state index in [1.54, 1.807) is 0 Å². The van der Waals surface area contributed by atoms with Crippen molar-refractivity contribution in [1.29, 1.82) is 0 Å². The number of aliphatic hydroxyl groups excluding tert-OH is 1. The predicted molar refractivity (Wildman–Crippen MR) is 84.1 cm³/mol. The monoisotopic (exact) mass is 279 g/mol. The van der Waals surface area contributed by atoms with Gasteiger partial charge in [0.25, 0.3) is 0 Å². The molecule has 0 aliphatic heterocycles.